The van der Waals surface area contributed by atoms with Crippen molar-refractivity contribution in [3.63, 3.8) is 0 Å². The molecule has 0 spiro atoms. The highest BCUT2D eigenvalue weighted by Gasteiger charge is 2.29. The molecule has 2 fully saturated rings. The molecule has 6 nitrogen and oxygen atoms in total. The Bertz CT molecular complexity index is 362. The first kappa shape index (κ1) is 18.5. The first-order chi connectivity index (χ1) is 11.1. The third-order valence-electron chi connectivity index (χ3n) is 5.03. The quantitative estimate of drug-likeness (QED) is 0.542. The number of piperidine rings is 1. The van der Waals surface area contributed by atoms with Crippen LogP contribution in [0.2, 0.25) is 0 Å². The lowest BCUT2D eigenvalue weighted by Crippen LogP contribution is -2.47. The molecule has 2 heterocycles. The molecule has 0 saturated carbocycles. The summed E-state index contributed by atoms with van der Waals surface area (Å²) in [5.41, 5.74) is -0.0374. The van der Waals surface area contributed by atoms with Crippen LogP contribution in [0.5, 0.6) is 0 Å². The van der Waals surface area contributed by atoms with Gasteiger partial charge in [-0.05, 0) is 51.6 Å². The van der Waals surface area contributed by atoms with Crippen LogP contribution in [0, 0.1) is 5.92 Å². The summed E-state index contributed by atoms with van der Waals surface area (Å²) in [5, 5.41) is 6.89. The van der Waals surface area contributed by atoms with Crippen molar-refractivity contribution < 1.29 is 9.47 Å². The smallest absolute Gasteiger partial charge is 0.191 e. The van der Waals surface area contributed by atoms with Gasteiger partial charge in [-0.25, -0.2) is 0 Å². The second kappa shape index (κ2) is 9.45. The number of hydrogen-bond donors (Lipinski definition) is 2. The molecule has 0 aromatic heterocycles. The Balaban J connectivity index is 1.62. The second-order valence-corrected chi connectivity index (χ2v) is 6.99. The van der Waals surface area contributed by atoms with Crippen molar-refractivity contribution in [1.82, 2.24) is 15.5 Å². The van der Waals surface area contributed by atoms with Gasteiger partial charge >= 0.3 is 0 Å². The molecule has 23 heavy (non-hydrogen) atoms. The predicted octanol–water partition coefficient (Wildman–Crippen LogP) is 1.08. The van der Waals surface area contributed by atoms with Crippen molar-refractivity contribution in [1.29, 1.82) is 0 Å². The van der Waals surface area contributed by atoms with Crippen LogP contribution in [0.15, 0.2) is 4.99 Å². The number of aliphatic imine (C=N–C) groups is 1. The third kappa shape index (κ3) is 6.28. The predicted molar refractivity (Wildman–Crippen MR) is 94.0 cm³/mol. The van der Waals surface area contributed by atoms with Crippen LogP contribution < -0.4 is 10.6 Å². The zero-order chi connectivity index (χ0) is 16.5. The van der Waals surface area contributed by atoms with Gasteiger partial charge in [-0.1, -0.05) is 0 Å². The summed E-state index contributed by atoms with van der Waals surface area (Å²) in [6, 6.07) is 0. The van der Waals surface area contributed by atoms with Crippen LogP contribution in [-0.2, 0) is 9.47 Å². The summed E-state index contributed by atoms with van der Waals surface area (Å²) < 4.78 is 11.0. The van der Waals surface area contributed by atoms with Gasteiger partial charge in [-0.15, -0.1) is 0 Å². The van der Waals surface area contributed by atoms with Crippen molar-refractivity contribution >= 4 is 5.96 Å². The summed E-state index contributed by atoms with van der Waals surface area (Å²) in [5.74, 6) is 1.62. The SMILES string of the molecule is CN=C(NCC1CCN(CCOC)CC1)NCC1(C)CCCO1. The zero-order valence-electron chi connectivity index (χ0n) is 15.1. The van der Waals surface area contributed by atoms with Crippen molar-refractivity contribution in [2.75, 3.05) is 60.1 Å². The molecule has 134 valence electrons. The van der Waals surface area contributed by atoms with Gasteiger partial charge in [-0.2, -0.15) is 0 Å². The van der Waals surface area contributed by atoms with E-state index >= 15 is 0 Å². The third-order valence-corrected chi connectivity index (χ3v) is 5.03. The van der Waals surface area contributed by atoms with Crippen LogP contribution in [0.1, 0.15) is 32.6 Å². The molecule has 2 aliphatic heterocycles. The molecule has 0 aliphatic carbocycles. The van der Waals surface area contributed by atoms with Crippen molar-refractivity contribution in [2.24, 2.45) is 10.9 Å². The van der Waals surface area contributed by atoms with Crippen LogP contribution in [0.4, 0.5) is 0 Å². The number of nitrogens with one attached hydrogen (secondary N) is 2. The number of nitrogens with zero attached hydrogens (tertiary/aromatic N) is 2. The Labute approximate surface area is 141 Å². The monoisotopic (exact) mass is 326 g/mol. The maximum absolute atomic E-state index is 5.81. The van der Waals surface area contributed by atoms with E-state index in [-0.39, 0.29) is 5.60 Å². The molecule has 0 aromatic carbocycles. The highest BCUT2D eigenvalue weighted by molar-refractivity contribution is 5.79. The van der Waals surface area contributed by atoms with E-state index in [0.717, 1.165) is 57.6 Å². The number of hydrogen-bond acceptors (Lipinski definition) is 4. The standard InChI is InChI=1S/C17H34N4O2/c1-17(7-4-11-23-17)14-20-16(18-2)19-13-15-5-8-21(9-6-15)10-12-22-3/h15H,4-14H2,1-3H3,(H2,18,19,20). The average molecular weight is 326 g/mol. The summed E-state index contributed by atoms with van der Waals surface area (Å²) in [4.78, 5) is 6.82. The largest absolute Gasteiger partial charge is 0.383 e. The summed E-state index contributed by atoms with van der Waals surface area (Å²) in [6.45, 7) is 9.11. The molecule has 2 N–H and O–H groups in total. The van der Waals surface area contributed by atoms with Gasteiger partial charge in [-0.3, -0.25) is 4.99 Å². The fraction of sp³-hybridized carbons (Fsp3) is 0.941. The highest BCUT2D eigenvalue weighted by atomic mass is 16.5. The first-order valence-electron chi connectivity index (χ1n) is 8.95. The Morgan fingerprint density at radius 1 is 1.35 bits per heavy atom. The average Bonchev–Trinajstić information content (AvgIpc) is 3.01. The number of ether oxygens (including phenoxy) is 2. The Morgan fingerprint density at radius 3 is 2.74 bits per heavy atom. The molecule has 2 aliphatic rings. The lowest BCUT2D eigenvalue weighted by atomic mass is 9.97. The van der Waals surface area contributed by atoms with E-state index in [1.54, 1.807) is 7.11 Å². The summed E-state index contributed by atoms with van der Waals surface area (Å²) in [7, 11) is 3.60. The van der Waals surface area contributed by atoms with E-state index in [0.29, 0.717) is 0 Å². The molecule has 2 rings (SSSR count). The maximum atomic E-state index is 5.81. The van der Waals surface area contributed by atoms with Gasteiger partial charge in [0.15, 0.2) is 5.96 Å². The number of rotatable bonds is 7. The molecule has 0 bridgehead atoms. The van der Waals surface area contributed by atoms with Crippen molar-refractivity contribution in [3.05, 3.63) is 0 Å². The van der Waals surface area contributed by atoms with Gasteiger partial charge in [0.1, 0.15) is 0 Å². The summed E-state index contributed by atoms with van der Waals surface area (Å²) in [6.07, 6.45) is 4.77. The van der Waals surface area contributed by atoms with Crippen LogP contribution in [-0.4, -0.2) is 76.6 Å². The topological polar surface area (TPSA) is 58.1 Å². The number of guanidine groups is 1. The summed E-state index contributed by atoms with van der Waals surface area (Å²) >= 11 is 0. The van der Waals surface area contributed by atoms with E-state index in [4.69, 9.17) is 9.47 Å². The van der Waals surface area contributed by atoms with Crippen molar-refractivity contribution in [2.45, 2.75) is 38.2 Å². The highest BCUT2D eigenvalue weighted by Crippen LogP contribution is 2.23. The molecule has 1 atom stereocenters. The molecule has 0 amide bonds. The Morgan fingerprint density at radius 2 is 2.13 bits per heavy atom. The van der Waals surface area contributed by atoms with Gasteiger partial charge in [0, 0.05) is 40.4 Å². The minimum absolute atomic E-state index is 0.0374. The van der Waals surface area contributed by atoms with Crippen LogP contribution in [0.25, 0.3) is 0 Å². The molecular weight excluding hydrogens is 292 g/mol. The van der Waals surface area contributed by atoms with Gasteiger partial charge < -0.3 is 25.0 Å². The Kier molecular flexibility index (Phi) is 7.59. The lowest BCUT2D eigenvalue weighted by molar-refractivity contribution is 0.0242. The number of methoxy groups -OCH3 is 1. The van der Waals surface area contributed by atoms with Gasteiger partial charge in [0.05, 0.1) is 12.2 Å². The molecule has 1 unspecified atom stereocenters. The molecular formula is C17H34N4O2. The van der Waals surface area contributed by atoms with Crippen molar-refractivity contribution in [3.8, 4) is 0 Å². The second-order valence-electron chi connectivity index (χ2n) is 6.99. The van der Waals surface area contributed by atoms with E-state index in [2.05, 4.69) is 27.4 Å². The fourth-order valence-corrected chi connectivity index (χ4v) is 3.34. The minimum atomic E-state index is -0.0374. The van der Waals surface area contributed by atoms with E-state index < -0.39 is 0 Å². The fourth-order valence-electron chi connectivity index (χ4n) is 3.34. The maximum Gasteiger partial charge on any atom is 0.191 e. The van der Waals surface area contributed by atoms with Crippen LogP contribution >= 0.6 is 0 Å². The van der Waals surface area contributed by atoms with Gasteiger partial charge in [0.25, 0.3) is 0 Å². The van der Waals surface area contributed by atoms with Crippen LogP contribution in [0.3, 0.4) is 0 Å². The minimum Gasteiger partial charge on any atom is -0.383 e. The Hall–Kier alpha value is -0.850. The van der Waals surface area contributed by atoms with E-state index in [9.17, 15) is 0 Å². The molecule has 0 aromatic rings. The lowest BCUT2D eigenvalue weighted by Gasteiger charge is -2.32. The zero-order valence-corrected chi connectivity index (χ0v) is 15.1. The molecule has 6 heteroatoms. The van der Waals surface area contributed by atoms with E-state index in [1.807, 2.05) is 7.05 Å². The van der Waals surface area contributed by atoms with Gasteiger partial charge in [0.2, 0.25) is 0 Å². The van der Waals surface area contributed by atoms with E-state index in [1.165, 1.54) is 25.9 Å². The molecule has 2 saturated heterocycles. The molecule has 0 radical (unpaired) electrons. The first-order valence-corrected chi connectivity index (χ1v) is 8.95. The number of likely N-dealkylation sites (tertiary alicyclic amines) is 1. The normalized spacial score (nSPS) is 27.3.